The maximum Gasteiger partial charge on any atom is 0.229 e. The standard InChI is InChI=1S/C8H12N6OS3/c9-6-7(14-18(15)13-6)11-1-2-16-3-5-4-17-8(10)12-5/h4H,1-3H2,(H2,9,13)(H2,10,12)(H,11,14). The lowest BCUT2D eigenvalue weighted by Gasteiger charge is -1.94. The normalized spacial score (nSPS) is 13.2. The zero-order valence-electron chi connectivity index (χ0n) is 9.33. The molecule has 0 aromatic carbocycles. The zero-order valence-corrected chi connectivity index (χ0v) is 11.8. The third-order valence-electron chi connectivity index (χ3n) is 1.93. The number of thiazole rings is 1. The number of rotatable bonds is 5. The van der Waals surface area contributed by atoms with Gasteiger partial charge < -0.3 is 16.0 Å². The minimum Gasteiger partial charge on any atom is -0.548 e. The van der Waals surface area contributed by atoms with Crippen LogP contribution in [0.5, 0.6) is 0 Å². The number of hydrogen-bond donors (Lipinski definition) is 3. The largest absolute Gasteiger partial charge is 0.548 e. The summed E-state index contributed by atoms with van der Waals surface area (Å²) in [5.41, 5.74) is 12.4. The minimum atomic E-state index is -1.46. The Balaban J connectivity index is 1.76. The second-order valence-electron chi connectivity index (χ2n) is 3.29. The lowest BCUT2D eigenvalue weighted by atomic mass is 10.6. The van der Waals surface area contributed by atoms with Crippen molar-refractivity contribution in [1.29, 1.82) is 0 Å². The fourth-order valence-electron chi connectivity index (χ4n) is 1.19. The van der Waals surface area contributed by atoms with Gasteiger partial charge in [-0.25, -0.2) is 4.98 Å². The topological polar surface area (TPSA) is 129 Å². The van der Waals surface area contributed by atoms with Crippen LogP contribution in [0.2, 0.25) is 0 Å². The van der Waals surface area contributed by atoms with Gasteiger partial charge in [-0.3, -0.25) is 4.99 Å². The maximum atomic E-state index is 11.0. The molecule has 2 aromatic rings. The summed E-state index contributed by atoms with van der Waals surface area (Å²) >= 11 is 1.68. The van der Waals surface area contributed by atoms with Crippen molar-refractivity contribution < 1.29 is 4.55 Å². The van der Waals surface area contributed by atoms with Gasteiger partial charge in [-0.1, -0.05) is 0 Å². The lowest BCUT2D eigenvalue weighted by Crippen LogP contribution is -2.09. The summed E-state index contributed by atoms with van der Waals surface area (Å²) in [6.07, 6.45) is 0. The van der Waals surface area contributed by atoms with Crippen molar-refractivity contribution in [3.8, 4) is 0 Å². The molecule has 2 rings (SSSR count). The Morgan fingerprint density at radius 3 is 3.00 bits per heavy atom. The van der Waals surface area contributed by atoms with Gasteiger partial charge in [0.05, 0.1) is 12.2 Å². The molecule has 0 aliphatic rings. The molecule has 98 valence electrons. The zero-order chi connectivity index (χ0) is 13.0. The van der Waals surface area contributed by atoms with E-state index < -0.39 is 11.1 Å². The van der Waals surface area contributed by atoms with E-state index in [-0.39, 0.29) is 5.82 Å². The number of aromatic nitrogens is 3. The van der Waals surface area contributed by atoms with Gasteiger partial charge in [-0.15, -0.1) is 15.7 Å². The van der Waals surface area contributed by atoms with Gasteiger partial charge in [-0.2, -0.15) is 11.8 Å². The summed E-state index contributed by atoms with van der Waals surface area (Å²) in [4.78, 5) is 8.34. The highest BCUT2D eigenvalue weighted by molar-refractivity contribution is 7.98. The Hall–Kier alpha value is -1.10. The summed E-state index contributed by atoms with van der Waals surface area (Å²) < 4.78 is 17.2. The molecule has 0 aliphatic carbocycles. The number of nitrogens with one attached hydrogen (secondary N) is 1. The third-order valence-corrected chi connectivity index (χ3v) is 4.36. The summed E-state index contributed by atoms with van der Waals surface area (Å²) in [5.74, 6) is 1.83. The van der Waals surface area contributed by atoms with Gasteiger partial charge in [0.25, 0.3) is 0 Å². The summed E-state index contributed by atoms with van der Waals surface area (Å²) in [6, 6.07) is 0. The highest BCUT2D eigenvalue weighted by Gasteiger charge is 2.02. The van der Waals surface area contributed by atoms with E-state index in [0.29, 0.717) is 17.2 Å². The van der Waals surface area contributed by atoms with Gasteiger partial charge in [0.15, 0.2) is 16.3 Å². The molecule has 2 aromatic heterocycles. The van der Waals surface area contributed by atoms with Crippen LogP contribution in [0.15, 0.2) is 10.4 Å². The predicted octanol–water partition coefficient (Wildman–Crippen LogP) is 0.592. The molecular weight excluding hydrogens is 292 g/mol. The molecule has 0 amide bonds. The number of H-pyrrole nitrogens is 1. The SMILES string of the molecule is Nc1nc(CSCCN=c2[nH][s+]([O-])nc2N)cs1. The van der Waals surface area contributed by atoms with Crippen molar-refractivity contribution in [3.05, 3.63) is 16.6 Å². The average Bonchev–Trinajstić information content (AvgIpc) is 2.85. The molecule has 2 heterocycles. The van der Waals surface area contributed by atoms with Crippen molar-refractivity contribution in [1.82, 2.24) is 13.7 Å². The van der Waals surface area contributed by atoms with E-state index in [9.17, 15) is 4.55 Å². The van der Waals surface area contributed by atoms with Gasteiger partial charge in [0.1, 0.15) is 0 Å². The van der Waals surface area contributed by atoms with E-state index in [1.54, 1.807) is 11.8 Å². The Kier molecular flexibility index (Phi) is 4.58. The highest BCUT2D eigenvalue weighted by Crippen LogP contribution is 2.16. The first-order chi connectivity index (χ1) is 8.65. The van der Waals surface area contributed by atoms with Crippen LogP contribution in [0.4, 0.5) is 10.9 Å². The summed E-state index contributed by atoms with van der Waals surface area (Å²) in [7, 11) is 0. The fourth-order valence-corrected chi connectivity index (χ4v) is 3.23. The molecule has 1 atom stereocenters. The lowest BCUT2D eigenvalue weighted by molar-refractivity contribution is 0.584. The molecule has 0 saturated carbocycles. The van der Waals surface area contributed by atoms with Crippen LogP contribution >= 0.6 is 34.2 Å². The molecule has 0 aliphatic heterocycles. The molecule has 7 nitrogen and oxygen atoms in total. The van der Waals surface area contributed by atoms with Crippen molar-refractivity contribution in [2.75, 3.05) is 23.8 Å². The molecule has 0 radical (unpaired) electrons. The first-order valence-electron chi connectivity index (χ1n) is 5.00. The van der Waals surface area contributed by atoms with Gasteiger partial charge in [-0.05, 0) is 0 Å². The van der Waals surface area contributed by atoms with Gasteiger partial charge >= 0.3 is 0 Å². The number of nitrogens with zero attached hydrogens (tertiary/aromatic N) is 3. The Labute approximate surface area is 114 Å². The summed E-state index contributed by atoms with van der Waals surface area (Å²) in [5, 5.41) is 2.54. The highest BCUT2D eigenvalue weighted by atomic mass is 32.2. The van der Waals surface area contributed by atoms with E-state index in [1.165, 1.54) is 11.3 Å². The molecule has 0 spiro atoms. The number of hydrogen-bond acceptors (Lipinski definition) is 8. The fraction of sp³-hybridized carbons (Fsp3) is 0.375. The van der Waals surface area contributed by atoms with Crippen molar-refractivity contribution >= 4 is 45.2 Å². The van der Waals surface area contributed by atoms with Crippen LogP contribution < -0.4 is 17.0 Å². The molecule has 5 N–H and O–H groups in total. The van der Waals surface area contributed by atoms with Crippen molar-refractivity contribution in [2.45, 2.75) is 5.75 Å². The molecule has 0 bridgehead atoms. The Morgan fingerprint density at radius 1 is 1.56 bits per heavy atom. The number of nitrogens with two attached hydrogens (primary N) is 2. The first kappa shape index (κ1) is 13.3. The van der Waals surface area contributed by atoms with Crippen LogP contribution in [-0.2, 0) is 5.75 Å². The van der Waals surface area contributed by atoms with E-state index in [1.807, 2.05) is 5.38 Å². The monoisotopic (exact) mass is 304 g/mol. The number of anilines is 2. The molecule has 0 fully saturated rings. The van der Waals surface area contributed by atoms with E-state index >= 15 is 0 Å². The molecule has 1 unspecified atom stereocenters. The van der Waals surface area contributed by atoms with Crippen LogP contribution in [0.1, 0.15) is 5.69 Å². The quantitative estimate of drug-likeness (QED) is 0.547. The van der Waals surface area contributed by atoms with Crippen molar-refractivity contribution in [3.63, 3.8) is 0 Å². The van der Waals surface area contributed by atoms with Crippen molar-refractivity contribution in [2.24, 2.45) is 4.99 Å². The number of nitrogen functional groups attached to an aromatic ring is 2. The Bertz CT molecular complexity index is 573. The van der Waals surface area contributed by atoms with Crippen LogP contribution in [0.3, 0.4) is 0 Å². The minimum absolute atomic E-state index is 0.200. The van der Waals surface area contributed by atoms with Crippen LogP contribution in [-0.4, -0.2) is 30.6 Å². The van der Waals surface area contributed by atoms with Crippen LogP contribution in [0, 0.1) is 0 Å². The molecular formula is C8H12N6OS3. The smallest absolute Gasteiger partial charge is 0.229 e. The molecule has 18 heavy (non-hydrogen) atoms. The molecule has 0 saturated heterocycles. The average molecular weight is 304 g/mol. The second-order valence-corrected chi connectivity index (χ2v) is 6.17. The van der Waals surface area contributed by atoms with Crippen LogP contribution in [0.25, 0.3) is 0 Å². The number of aromatic amines is 1. The number of thioether (sulfide) groups is 1. The first-order valence-corrected chi connectivity index (χ1v) is 8.14. The maximum absolute atomic E-state index is 11.0. The summed E-state index contributed by atoms with van der Waals surface area (Å²) in [6.45, 7) is 0.583. The predicted molar refractivity (Wildman–Crippen MR) is 74.8 cm³/mol. The second kappa shape index (κ2) is 6.18. The third kappa shape index (κ3) is 3.70. The van der Waals surface area contributed by atoms with E-state index in [2.05, 4.69) is 18.7 Å². The van der Waals surface area contributed by atoms with E-state index in [0.717, 1.165) is 17.2 Å². The van der Waals surface area contributed by atoms with Gasteiger partial charge in [0.2, 0.25) is 11.3 Å². The Morgan fingerprint density at radius 2 is 2.39 bits per heavy atom. The molecule has 10 heteroatoms. The van der Waals surface area contributed by atoms with Gasteiger partial charge in [0, 0.05) is 21.3 Å². The van der Waals surface area contributed by atoms with E-state index in [4.69, 9.17) is 11.5 Å².